The largest absolute Gasteiger partial charge is 0.462 e. The molecule has 0 fully saturated rings. The normalized spacial score (nSPS) is 14.8. The van der Waals surface area contributed by atoms with E-state index in [0.717, 1.165) is 29.8 Å². The number of fused-ring (bicyclic) bond motifs is 1. The Morgan fingerprint density at radius 1 is 1.17 bits per heavy atom. The van der Waals surface area contributed by atoms with Gasteiger partial charge in [-0.25, -0.2) is 4.79 Å². The van der Waals surface area contributed by atoms with E-state index >= 15 is 0 Å². The topological polar surface area (TPSA) is 53.3 Å². The Bertz CT molecular complexity index is 1120. The minimum absolute atomic E-state index is 0.160. The van der Waals surface area contributed by atoms with E-state index in [1.54, 1.807) is 13.0 Å². The summed E-state index contributed by atoms with van der Waals surface area (Å²) in [5, 5.41) is 10.0. The van der Waals surface area contributed by atoms with Gasteiger partial charge in [0.25, 0.3) is 0 Å². The first-order chi connectivity index (χ1) is 14.6. The zero-order valence-corrected chi connectivity index (χ0v) is 17.4. The first-order valence-electron chi connectivity index (χ1n) is 9.93. The summed E-state index contributed by atoms with van der Waals surface area (Å²) in [5.74, 6) is -0.326. The smallest absolute Gasteiger partial charge is 0.338 e. The van der Waals surface area contributed by atoms with E-state index in [1.165, 1.54) is 5.56 Å². The molecule has 4 nitrogen and oxygen atoms in total. The van der Waals surface area contributed by atoms with Crippen molar-refractivity contribution in [1.29, 1.82) is 5.26 Å². The van der Waals surface area contributed by atoms with E-state index in [0.29, 0.717) is 22.8 Å². The summed E-state index contributed by atoms with van der Waals surface area (Å²) in [4.78, 5) is 14.5. The molecule has 3 aromatic rings. The minimum atomic E-state index is -0.326. The zero-order valence-electron chi connectivity index (χ0n) is 16.6. The Balaban J connectivity index is 1.73. The molecule has 0 spiro atoms. The Hall–Kier alpha value is -3.29. The maximum atomic E-state index is 12.3. The highest BCUT2D eigenvalue weighted by molar-refractivity contribution is 6.30. The van der Waals surface area contributed by atoms with Crippen molar-refractivity contribution in [1.82, 2.24) is 0 Å². The van der Waals surface area contributed by atoms with Crippen LogP contribution in [0.4, 0.5) is 11.4 Å². The average molecular weight is 417 g/mol. The van der Waals surface area contributed by atoms with Crippen molar-refractivity contribution in [3.63, 3.8) is 0 Å². The van der Waals surface area contributed by atoms with Gasteiger partial charge in [0.15, 0.2) is 0 Å². The number of carbonyl (C=O) groups excluding carboxylic acids is 1. The van der Waals surface area contributed by atoms with Gasteiger partial charge in [0.1, 0.15) is 0 Å². The Morgan fingerprint density at radius 3 is 2.70 bits per heavy atom. The lowest BCUT2D eigenvalue weighted by atomic mass is 10.0. The summed E-state index contributed by atoms with van der Waals surface area (Å²) in [6, 6.07) is 23.6. The van der Waals surface area contributed by atoms with Crippen molar-refractivity contribution >= 4 is 28.9 Å². The molecule has 3 aromatic carbocycles. The van der Waals surface area contributed by atoms with Gasteiger partial charge in [0, 0.05) is 22.4 Å². The molecule has 0 amide bonds. The molecule has 0 aliphatic carbocycles. The minimum Gasteiger partial charge on any atom is -0.462 e. The van der Waals surface area contributed by atoms with Crippen LogP contribution in [0.25, 0.3) is 0 Å². The first kappa shape index (κ1) is 20.0. The molecule has 0 N–H and O–H groups in total. The van der Waals surface area contributed by atoms with Gasteiger partial charge in [-0.15, -0.1) is 0 Å². The summed E-state index contributed by atoms with van der Waals surface area (Å²) in [6.07, 6.45) is 1.63. The average Bonchev–Trinajstić information content (AvgIpc) is 3.12. The first-order valence-corrected chi connectivity index (χ1v) is 10.3. The lowest BCUT2D eigenvalue weighted by Crippen LogP contribution is -2.29. The van der Waals surface area contributed by atoms with Crippen molar-refractivity contribution in [3.05, 3.63) is 94.0 Å². The molecule has 1 atom stereocenters. The number of nitrogens with zero attached hydrogens (tertiary/aromatic N) is 2. The summed E-state index contributed by atoms with van der Waals surface area (Å²) in [5.41, 5.74) is 5.50. The molecule has 150 valence electrons. The van der Waals surface area contributed by atoms with Crippen molar-refractivity contribution in [2.75, 3.05) is 11.5 Å². The molecule has 1 unspecified atom stereocenters. The summed E-state index contributed by atoms with van der Waals surface area (Å²) < 4.78 is 5.17. The molecular weight excluding hydrogens is 396 g/mol. The highest BCUT2D eigenvalue weighted by Crippen LogP contribution is 2.40. The Morgan fingerprint density at radius 2 is 1.97 bits per heavy atom. The summed E-state index contributed by atoms with van der Waals surface area (Å²) >= 11 is 6.05. The monoisotopic (exact) mass is 416 g/mol. The van der Waals surface area contributed by atoms with Crippen LogP contribution in [0.2, 0.25) is 5.02 Å². The van der Waals surface area contributed by atoms with Gasteiger partial charge in [-0.2, -0.15) is 5.26 Å². The Kier molecular flexibility index (Phi) is 5.74. The molecule has 0 saturated carbocycles. The fourth-order valence-electron chi connectivity index (χ4n) is 4.00. The number of hydrogen-bond donors (Lipinski definition) is 0. The van der Waals surface area contributed by atoms with E-state index in [-0.39, 0.29) is 12.0 Å². The molecule has 1 aliphatic rings. The quantitative estimate of drug-likeness (QED) is 0.501. The zero-order chi connectivity index (χ0) is 21.1. The summed E-state index contributed by atoms with van der Waals surface area (Å²) in [7, 11) is 0. The maximum absolute atomic E-state index is 12.3. The molecule has 0 saturated heterocycles. The van der Waals surface area contributed by atoms with E-state index in [1.807, 2.05) is 60.7 Å². The number of hydrogen-bond acceptors (Lipinski definition) is 4. The second kappa shape index (κ2) is 8.61. The van der Waals surface area contributed by atoms with E-state index in [4.69, 9.17) is 16.3 Å². The number of halogens is 1. The third-order valence-corrected chi connectivity index (χ3v) is 5.56. The van der Waals surface area contributed by atoms with Crippen LogP contribution >= 0.6 is 11.6 Å². The molecule has 0 aromatic heterocycles. The number of ether oxygens (including phenoxy) is 1. The molecular formula is C25H21ClN2O2. The van der Waals surface area contributed by atoms with Crippen molar-refractivity contribution < 1.29 is 9.53 Å². The molecule has 30 heavy (non-hydrogen) atoms. The fraction of sp³-hybridized carbons (Fsp3) is 0.200. The van der Waals surface area contributed by atoms with Crippen LogP contribution in [0.1, 0.15) is 34.0 Å². The lowest BCUT2D eigenvalue weighted by Gasteiger charge is -2.28. The van der Waals surface area contributed by atoms with E-state index < -0.39 is 0 Å². The van der Waals surface area contributed by atoms with E-state index in [9.17, 15) is 10.1 Å². The second-order valence-electron chi connectivity index (χ2n) is 7.28. The van der Waals surface area contributed by atoms with Crippen molar-refractivity contribution in [2.45, 2.75) is 25.8 Å². The van der Waals surface area contributed by atoms with Crippen LogP contribution in [0, 0.1) is 11.3 Å². The molecule has 5 heteroatoms. The number of benzene rings is 3. The van der Waals surface area contributed by atoms with Crippen LogP contribution in [0.5, 0.6) is 0 Å². The number of rotatable bonds is 5. The highest BCUT2D eigenvalue weighted by Gasteiger charge is 2.31. The third kappa shape index (κ3) is 4.03. The van der Waals surface area contributed by atoms with Crippen LogP contribution in [-0.4, -0.2) is 18.6 Å². The van der Waals surface area contributed by atoms with Gasteiger partial charge in [0.2, 0.25) is 0 Å². The van der Waals surface area contributed by atoms with E-state index in [2.05, 4.69) is 11.0 Å². The van der Waals surface area contributed by atoms with Gasteiger partial charge in [-0.1, -0.05) is 29.8 Å². The third-order valence-electron chi connectivity index (χ3n) is 5.31. The standard InChI is InChI=1S/C25H21ClN2O2/c1-2-30-25(29)19-4-3-5-22(14-19)28-23(13-17-6-9-21(26)10-7-17)15-20-12-18(16-27)8-11-24(20)28/h3-12,14,23H,2,13,15H2,1H3. The van der Waals surface area contributed by atoms with Gasteiger partial charge in [0.05, 0.1) is 23.8 Å². The SMILES string of the molecule is CCOC(=O)c1cccc(N2c3ccc(C#N)cc3CC2Cc2ccc(Cl)cc2)c1. The number of esters is 1. The number of anilines is 2. The maximum Gasteiger partial charge on any atom is 0.338 e. The Labute approximate surface area is 181 Å². The second-order valence-corrected chi connectivity index (χ2v) is 7.72. The van der Waals surface area contributed by atoms with Crippen LogP contribution in [0.3, 0.4) is 0 Å². The lowest BCUT2D eigenvalue weighted by molar-refractivity contribution is 0.0526. The molecule has 0 radical (unpaired) electrons. The van der Waals surface area contributed by atoms with Crippen LogP contribution in [0.15, 0.2) is 66.7 Å². The summed E-state index contributed by atoms with van der Waals surface area (Å²) in [6.45, 7) is 2.14. The van der Waals surface area contributed by atoms with Crippen LogP contribution in [-0.2, 0) is 17.6 Å². The number of nitriles is 1. The van der Waals surface area contributed by atoms with Gasteiger partial charge in [-0.3, -0.25) is 0 Å². The fourth-order valence-corrected chi connectivity index (χ4v) is 4.12. The molecule has 1 heterocycles. The van der Waals surface area contributed by atoms with Crippen molar-refractivity contribution in [2.24, 2.45) is 0 Å². The molecule has 1 aliphatic heterocycles. The molecule has 0 bridgehead atoms. The number of carbonyl (C=O) groups is 1. The van der Waals surface area contributed by atoms with Crippen molar-refractivity contribution in [3.8, 4) is 6.07 Å². The van der Waals surface area contributed by atoms with Gasteiger partial charge >= 0.3 is 5.97 Å². The van der Waals surface area contributed by atoms with Gasteiger partial charge in [-0.05, 0) is 79.4 Å². The predicted octanol–water partition coefficient (Wildman–Crippen LogP) is 5.69. The predicted molar refractivity (Wildman–Crippen MR) is 118 cm³/mol. The van der Waals surface area contributed by atoms with Gasteiger partial charge < -0.3 is 9.64 Å². The van der Waals surface area contributed by atoms with Crippen LogP contribution < -0.4 is 4.90 Å². The molecule has 4 rings (SSSR count). The highest BCUT2D eigenvalue weighted by atomic mass is 35.5.